The molecule has 10 heteroatoms. The molecule has 0 spiro atoms. The van der Waals surface area contributed by atoms with Crippen LogP contribution in [0.4, 0.5) is 10.8 Å². The number of aromatic nitrogens is 2. The SMILES string of the molecule is Cc1ccc(S(=O)(=O)N(Cc2ccccc2)c2ccccc2C(=O)Nc2nnc(-c3ccc(Cl)cc3)s2)cc1. The van der Waals surface area contributed by atoms with Crippen molar-refractivity contribution in [2.45, 2.75) is 18.4 Å². The number of sulfonamides is 1. The van der Waals surface area contributed by atoms with Crippen molar-refractivity contribution in [2.75, 3.05) is 9.62 Å². The van der Waals surface area contributed by atoms with E-state index in [9.17, 15) is 13.2 Å². The van der Waals surface area contributed by atoms with E-state index in [4.69, 9.17) is 11.6 Å². The van der Waals surface area contributed by atoms with Crippen LogP contribution in [0.15, 0.2) is 108 Å². The predicted octanol–water partition coefficient (Wildman–Crippen LogP) is 6.81. The van der Waals surface area contributed by atoms with Crippen molar-refractivity contribution >= 4 is 49.7 Å². The molecule has 39 heavy (non-hydrogen) atoms. The van der Waals surface area contributed by atoms with Gasteiger partial charge in [0, 0.05) is 10.6 Å². The van der Waals surface area contributed by atoms with Crippen LogP contribution < -0.4 is 9.62 Å². The number of nitrogens with one attached hydrogen (secondary N) is 1. The molecule has 0 aliphatic carbocycles. The fourth-order valence-electron chi connectivity index (χ4n) is 3.92. The molecule has 0 atom stereocenters. The maximum Gasteiger partial charge on any atom is 0.264 e. The van der Waals surface area contributed by atoms with E-state index in [2.05, 4.69) is 15.5 Å². The largest absolute Gasteiger partial charge is 0.296 e. The molecule has 5 aromatic rings. The Bertz CT molecular complexity index is 1710. The fourth-order valence-corrected chi connectivity index (χ4v) is 6.26. The van der Waals surface area contributed by atoms with Crippen LogP contribution in [0.1, 0.15) is 21.5 Å². The van der Waals surface area contributed by atoms with E-state index in [0.717, 1.165) is 16.7 Å². The average molecular weight is 575 g/mol. The van der Waals surface area contributed by atoms with Gasteiger partial charge in [0.15, 0.2) is 0 Å². The minimum atomic E-state index is -4.02. The molecule has 0 bridgehead atoms. The number of amides is 1. The third kappa shape index (κ3) is 6.01. The highest BCUT2D eigenvalue weighted by Gasteiger charge is 2.29. The van der Waals surface area contributed by atoms with E-state index in [1.54, 1.807) is 60.7 Å². The number of para-hydroxylation sites is 1. The average Bonchev–Trinajstić information content (AvgIpc) is 3.41. The Morgan fingerprint density at radius 2 is 1.54 bits per heavy atom. The van der Waals surface area contributed by atoms with Crippen molar-refractivity contribution in [3.8, 4) is 10.6 Å². The Labute approximate surface area is 235 Å². The highest BCUT2D eigenvalue weighted by molar-refractivity contribution is 7.92. The Morgan fingerprint density at radius 1 is 0.872 bits per heavy atom. The zero-order valence-electron chi connectivity index (χ0n) is 20.8. The van der Waals surface area contributed by atoms with Gasteiger partial charge in [0.1, 0.15) is 5.01 Å². The second-order valence-electron chi connectivity index (χ2n) is 8.70. The number of hydrogen-bond donors (Lipinski definition) is 1. The first-order valence-electron chi connectivity index (χ1n) is 11.9. The molecule has 0 aliphatic heterocycles. The second-order valence-corrected chi connectivity index (χ2v) is 12.0. The molecule has 196 valence electrons. The van der Waals surface area contributed by atoms with Gasteiger partial charge in [-0.1, -0.05) is 95.2 Å². The van der Waals surface area contributed by atoms with E-state index in [0.29, 0.717) is 10.0 Å². The third-order valence-electron chi connectivity index (χ3n) is 5.93. The number of aryl methyl sites for hydroxylation is 1. The van der Waals surface area contributed by atoms with Gasteiger partial charge in [-0.2, -0.15) is 0 Å². The van der Waals surface area contributed by atoms with Crippen LogP contribution >= 0.6 is 22.9 Å². The second kappa shape index (κ2) is 11.4. The first kappa shape index (κ1) is 26.6. The van der Waals surface area contributed by atoms with Crippen molar-refractivity contribution in [2.24, 2.45) is 0 Å². The summed E-state index contributed by atoms with van der Waals surface area (Å²) in [5, 5.41) is 12.5. The molecule has 0 unspecified atom stereocenters. The maximum absolute atomic E-state index is 13.9. The van der Waals surface area contributed by atoms with E-state index >= 15 is 0 Å². The van der Waals surface area contributed by atoms with Gasteiger partial charge in [-0.05, 0) is 48.9 Å². The number of rotatable bonds is 8. The van der Waals surface area contributed by atoms with Gasteiger partial charge in [-0.3, -0.25) is 14.4 Å². The van der Waals surface area contributed by atoms with Crippen molar-refractivity contribution in [3.05, 3.63) is 125 Å². The summed E-state index contributed by atoms with van der Waals surface area (Å²) in [7, 11) is -4.02. The van der Waals surface area contributed by atoms with Gasteiger partial charge >= 0.3 is 0 Å². The molecule has 4 aromatic carbocycles. The van der Waals surface area contributed by atoms with Gasteiger partial charge in [-0.25, -0.2) is 8.42 Å². The monoisotopic (exact) mass is 574 g/mol. The van der Waals surface area contributed by atoms with Crippen molar-refractivity contribution in [1.82, 2.24) is 10.2 Å². The number of nitrogens with zero attached hydrogens (tertiary/aromatic N) is 3. The van der Waals surface area contributed by atoms with Crippen LogP contribution in [-0.2, 0) is 16.6 Å². The molecular formula is C29H23ClN4O3S2. The Hall–Kier alpha value is -4.05. The zero-order valence-corrected chi connectivity index (χ0v) is 23.2. The summed E-state index contributed by atoms with van der Waals surface area (Å²) in [6, 6.07) is 29.7. The summed E-state index contributed by atoms with van der Waals surface area (Å²) in [4.78, 5) is 13.6. The van der Waals surface area contributed by atoms with Crippen LogP contribution in [0, 0.1) is 6.92 Å². The molecule has 1 aromatic heterocycles. The molecule has 5 rings (SSSR count). The molecule has 0 saturated carbocycles. The van der Waals surface area contributed by atoms with Crippen molar-refractivity contribution < 1.29 is 13.2 Å². The predicted molar refractivity (Wildman–Crippen MR) is 156 cm³/mol. The lowest BCUT2D eigenvalue weighted by molar-refractivity contribution is 0.102. The summed E-state index contributed by atoms with van der Waals surface area (Å²) in [5.41, 5.74) is 2.98. The molecular weight excluding hydrogens is 552 g/mol. The lowest BCUT2D eigenvalue weighted by Crippen LogP contribution is -2.32. The van der Waals surface area contributed by atoms with Crippen LogP contribution in [0.3, 0.4) is 0 Å². The van der Waals surface area contributed by atoms with E-state index < -0.39 is 15.9 Å². The minimum absolute atomic E-state index is 0.0425. The van der Waals surface area contributed by atoms with Crippen LogP contribution in [-0.4, -0.2) is 24.5 Å². The summed E-state index contributed by atoms with van der Waals surface area (Å²) in [5.74, 6) is -0.499. The summed E-state index contributed by atoms with van der Waals surface area (Å²) in [6.07, 6.45) is 0. The smallest absolute Gasteiger partial charge is 0.264 e. The first-order chi connectivity index (χ1) is 18.8. The Morgan fingerprint density at radius 3 is 2.26 bits per heavy atom. The lowest BCUT2D eigenvalue weighted by atomic mass is 10.1. The maximum atomic E-state index is 13.9. The Kier molecular flexibility index (Phi) is 7.74. The number of anilines is 2. The van der Waals surface area contributed by atoms with Gasteiger partial charge in [-0.15, -0.1) is 10.2 Å². The quantitative estimate of drug-likeness (QED) is 0.220. The topological polar surface area (TPSA) is 92.3 Å². The van der Waals surface area contributed by atoms with E-state index in [1.807, 2.05) is 49.4 Å². The van der Waals surface area contributed by atoms with Gasteiger partial charge < -0.3 is 0 Å². The molecule has 1 amide bonds. The fraction of sp³-hybridized carbons (Fsp3) is 0.0690. The first-order valence-corrected chi connectivity index (χ1v) is 14.6. The van der Waals surface area contributed by atoms with E-state index in [1.165, 1.54) is 15.6 Å². The van der Waals surface area contributed by atoms with Crippen LogP contribution in [0.25, 0.3) is 10.6 Å². The molecule has 0 fully saturated rings. The highest BCUT2D eigenvalue weighted by atomic mass is 35.5. The normalized spacial score (nSPS) is 11.2. The number of carbonyl (C=O) groups excluding carboxylic acids is 1. The molecule has 0 radical (unpaired) electrons. The Balaban J connectivity index is 1.50. The highest BCUT2D eigenvalue weighted by Crippen LogP contribution is 2.31. The standard InChI is InChI=1S/C29H23ClN4O3S2/c1-20-11-17-24(18-12-20)39(36,37)34(19-21-7-3-2-4-8-21)26-10-6-5-9-25(26)27(35)31-29-33-32-28(38-29)22-13-15-23(30)16-14-22/h2-18H,19H2,1H3,(H,31,33,35). The molecule has 1 N–H and O–H groups in total. The number of halogens is 1. The minimum Gasteiger partial charge on any atom is -0.296 e. The van der Waals surface area contributed by atoms with E-state index in [-0.39, 0.29) is 27.8 Å². The molecule has 1 heterocycles. The van der Waals surface area contributed by atoms with Gasteiger partial charge in [0.2, 0.25) is 5.13 Å². The molecule has 0 aliphatic rings. The van der Waals surface area contributed by atoms with Crippen LogP contribution in [0.2, 0.25) is 5.02 Å². The van der Waals surface area contributed by atoms with Gasteiger partial charge in [0.05, 0.1) is 22.7 Å². The summed E-state index contributed by atoms with van der Waals surface area (Å²) >= 11 is 7.18. The number of hydrogen-bond acceptors (Lipinski definition) is 6. The van der Waals surface area contributed by atoms with Gasteiger partial charge in [0.25, 0.3) is 15.9 Å². The summed E-state index contributed by atoms with van der Waals surface area (Å²) < 4.78 is 29.1. The third-order valence-corrected chi connectivity index (χ3v) is 8.85. The number of carbonyl (C=O) groups is 1. The molecule has 0 saturated heterocycles. The lowest BCUT2D eigenvalue weighted by Gasteiger charge is -2.26. The zero-order chi connectivity index (χ0) is 27.4. The van der Waals surface area contributed by atoms with Crippen molar-refractivity contribution in [1.29, 1.82) is 0 Å². The number of benzene rings is 4. The summed E-state index contributed by atoms with van der Waals surface area (Å²) in [6.45, 7) is 1.93. The molecule has 7 nitrogen and oxygen atoms in total. The van der Waals surface area contributed by atoms with Crippen molar-refractivity contribution in [3.63, 3.8) is 0 Å². The van der Waals surface area contributed by atoms with Crippen LogP contribution in [0.5, 0.6) is 0 Å².